The van der Waals surface area contributed by atoms with Gasteiger partial charge in [0.25, 0.3) is 0 Å². The highest BCUT2D eigenvalue weighted by Gasteiger charge is 2.47. The van der Waals surface area contributed by atoms with E-state index in [0.29, 0.717) is 6.61 Å². The minimum atomic E-state index is -0.665. The number of nitrogens with zero attached hydrogens (tertiary/aromatic N) is 3. The van der Waals surface area contributed by atoms with E-state index in [-0.39, 0.29) is 12.0 Å². The van der Waals surface area contributed by atoms with Gasteiger partial charge < -0.3 is 14.6 Å². The Bertz CT molecular complexity index is 253. The molecule has 13 heavy (non-hydrogen) atoms. The number of azide groups is 1. The molecule has 0 amide bonds. The average molecular weight is 185 g/mol. The molecule has 0 aromatic rings. The first-order valence-corrected chi connectivity index (χ1v) is 4.23. The molecule has 2 heterocycles. The van der Waals surface area contributed by atoms with Crippen LogP contribution in [0, 0.1) is 5.92 Å². The van der Waals surface area contributed by atoms with Gasteiger partial charge >= 0.3 is 0 Å². The first-order valence-electron chi connectivity index (χ1n) is 4.23. The summed E-state index contributed by atoms with van der Waals surface area (Å²) in [5, 5.41) is 13.2. The molecule has 72 valence electrons. The van der Waals surface area contributed by atoms with Crippen molar-refractivity contribution in [2.75, 3.05) is 6.61 Å². The molecule has 2 aliphatic rings. The van der Waals surface area contributed by atoms with Gasteiger partial charge in [-0.3, -0.25) is 0 Å². The van der Waals surface area contributed by atoms with Gasteiger partial charge in [-0.2, -0.15) is 0 Å². The number of ether oxygens (including phenoxy) is 2. The zero-order valence-corrected chi connectivity index (χ0v) is 7.20. The van der Waals surface area contributed by atoms with E-state index in [1.165, 1.54) is 0 Å². The van der Waals surface area contributed by atoms with Gasteiger partial charge in [0.15, 0.2) is 6.29 Å². The van der Waals surface area contributed by atoms with E-state index in [1.807, 2.05) is 6.92 Å². The van der Waals surface area contributed by atoms with Gasteiger partial charge in [0.1, 0.15) is 6.04 Å². The Hall–Kier alpha value is -0.810. The molecule has 1 N–H and O–H groups in total. The van der Waals surface area contributed by atoms with Crippen LogP contribution in [-0.4, -0.2) is 36.3 Å². The van der Waals surface area contributed by atoms with E-state index in [2.05, 4.69) is 10.0 Å². The molecule has 2 saturated heterocycles. The molecule has 2 bridgehead atoms. The molecule has 2 unspecified atom stereocenters. The summed E-state index contributed by atoms with van der Waals surface area (Å²) in [6.45, 7) is 2.33. The van der Waals surface area contributed by atoms with Crippen LogP contribution in [0.1, 0.15) is 6.92 Å². The fourth-order valence-corrected chi connectivity index (χ4v) is 1.77. The van der Waals surface area contributed by atoms with Crippen LogP contribution in [0.25, 0.3) is 10.4 Å². The number of rotatable bonds is 1. The lowest BCUT2D eigenvalue weighted by atomic mass is 9.91. The molecule has 6 heteroatoms. The lowest BCUT2D eigenvalue weighted by Crippen LogP contribution is -2.48. The summed E-state index contributed by atoms with van der Waals surface area (Å²) in [7, 11) is 0. The maximum absolute atomic E-state index is 9.72. The van der Waals surface area contributed by atoms with E-state index >= 15 is 0 Å². The van der Waals surface area contributed by atoms with E-state index in [4.69, 9.17) is 15.0 Å². The SMILES string of the molecule is C[C@@H]1C2CO[C@H](O2)C(N=[N+]=[N-])[C@H]1O. The molecule has 2 rings (SSSR count). The maximum atomic E-state index is 9.72. The molecule has 0 saturated carbocycles. The predicted octanol–water partition coefficient (Wildman–Crippen LogP) is 0.417. The second-order valence-corrected chi connectivity index (χ2v) is 3.42. The first kappa shape index (κ1) is 8.77. The van der Waals surface area contributed by atoms with Crippen molar-refractivity contribution in [2.45, 2.75) is 31.5 Å². The fourth-order valence-electron chi connectivity index (χ4n) is 1.77. The fraction of sp³-hybridized carbons (Fsp3) is 1.00. The van der Waals surface area contributed by atoms with E-state index in [0.717, 1.165) is 0 Å². The Morgan fingerprint density at radius 1 is 1.62 bits per heavy atom. The number of hydrogen-bond donors (Lipinski definition) is 1. The van der Waals surface area contributed by atoms with Crippen LogP contribution in [0.5, 0.6) is 0 Å². The smallest absolute Gasteiger partial charge is 0.169 e. The Morgan fingerprint density at radius 2 is 2.38 bits per heavy atom. The summed E-state index contributed by atoms with van der Waals surface area (Å²) in [5.41, 5.74) is 8.29. The minimum Gasteiger partial charge on any atom is -0.392 e. The summed E-state index contributed by atoms with van der Waals surface area (Å²) < 4.78 is 10.6. The molecule has 0 aromatic heterocycles. The number of aliphatic hydroxyl groups excluding tert-OH is 1. The van der Waals surface area contributed by atoms with Gasteiger partial charge in [0, 0.05) is 10.8 Å². The average Bonchev–Trinajstić information content (AvgIpc) is 2.56. The molecule has 0 aromatic carbocycles. The summed E-state index contributed by atoms with van der Waals surface area (Å²) in [6, 6.07) is -0.612. The number of aliphatic hydroxyl groups is 1. The molecular weight excluding hydrogens is 174 g/mol. The zero-order valence-electron chi connectivity index (χ0n) is 7.20. The minimum absolute atomic E-state index is 0.0470. The standard InChI is InChI=1S/C7H11N3O3/c1-3-4-2-12-7(13-4)5(6(3)11)9-10-8/h3-7,11H,2H2,1H3/t3-,4?,5?,6+,7-/m1/s1. The maximum Gasteiger partial charge on any atom is 0.169 e. The van der Waals surface area contributed by atoms with Crippen LogP contribution in [-0.2, 0) is 9.47 Å². The van der Waals surface area contributed by atoms with Gasteiger partial charge in [-0.05, 0) is 5.53 Å². The molecule has 2 fully saturated rings. The second-order valence-electron chi connectivity index (χ2n) is 3.42. The van der Waals surface area contributed by atoms with Crippen molar-refractivity contribution < 1.29 is 14.6 Å². The Morgan fingerprint density at radius 3 is 3.08 bits per heavy atom. The van der Waals surface area contributed by atoms with Crippen molar-refractivity contribution in [1.82, 2.24) is 0 Å². The first-order chi connectivity index (χ1) is 6.24. The summed E-state index contributed by atoms with van der Waals surface area (Å²) in [5.74, 6) is -0.0470. The molecule has 0 spiro atoms. The van der Waals surface area contributed by atoms with Crippen LogP contribution < -0.4 is 0 Å². The highest BCUT2D eigenvalue weighted by Crippen LogP contribution is 2.33. The molecule has 0 aliphatic carbocycles. The number of fused-ring (bicyclic) bond motifs is 2. The predicted molar refractivity (Wildman–Crippen MR) is 42.7 cm³/mol. The normalized spacial score (nSPS) is 48.6. The van der Waals surface area contributed by atoms with Crippen molar-refractivity contribution in [1.29, 1.82) is 0 Å². The van der Waals surface area contributed by atoms with Gasteiger partial charge in [0.2, 0.25) is 0 Å². The van der Waals surface area contributed by atoms with Crippen molar-refractivity contribution >= 4 is 0 Å². The van der Waals surface area contributed by atoms with E-state index < -0.39 is 18.4 Å². The number of hydrogen-bond acceptors (Lipinski definition) is 4. The van der Waals surface area contributed by atoms with Crippen molar-refractivity contribution in [2.24, 2.45) is 11.0 Å². The molecule has 0 radical (unpaired) electrons. The van der Waals surface area contributed by atoms with Crippen LogP contribution >= 0.6 is 0 Å². The highest BCUT2D eigenvalue weighted by atomic mass is 16.7. The second kappa shape index (κ2) is 3.16. The zero-order chi connectivity index (χ0) is 9.42. The van der Waals surface area contributed by atoms with Crippen LogP contribution in [0.3, 0.4) is 0 Å². The third-order valence-electron chi connectivity index (χ3n) is 2.67. The Kier molecular flexibility index (Phi) is 2.13. The summed E-state index contributed by atoms with van der Waals surface area (Å²) >= 11 is 0. The van der Waals surface area contributed by atoms with Crippen LogP contribution in [0.15, 0.2) is 5.11 Å². The lowest BCUT2D eigenvalue weighted by Gasteiger charge is -2.33. The third-order valence-corrected chi connectivity index (χ3v) is 2.67. The van der Waals surface area contributed by atoms with E-state index in [9.17, 15) is 5.11 Å². The molecule has 2 aliphatic heterocycles. The quantitative estimate of drug-likeness (QED) is 0.364. The third kappa shape index (κ3) is 1.28. The summed E-state index contributed by atoms with van der Waals surface area (Å²) in [6.07, 6.45) is -1.29. The molecule has 5 atom stereocenters. The van der Waals surface area contributed by atoms with Gasteiger partial charge in [-0.15, -0.1) is 0 Å². The summed E-state index contributed by atoms with van der Waals surface area (Å²) in [4.78, 5) is 2.67. The largest absolute Gasteiger partial charge is 0.392 e. The monoisotopic (exact) mass is 185 g/mol. The highest BCUT2D eigenvalue weighted by molar-refractivity contribution is 4.94. The van der Waals surface area contributed by atoms with Gasteiger partial charge in [-0.1, -0.05) is 12.0 Å². The molecule has 6 nitrogen and oxygen atoms in total. The Labute approximate surface area is 75.1 Å². The Balaban J connectivity index is 2.21. The van der Waals surface area contributed by atoms with Gasteiger partial charge in [-0.25, -0.2) is 0 Å². The van der Waals surface area contributed by atoms with Crippen molar-refractivity contribution in [3.05, 3.63) is 10.4 Å². The van der Waals surface area contributed by atoms with E-state index in [1.54, 1.807) is 0 Å². The van der Waals surface area contributed by atoms with Crippen LogP contribution in [0.2, 0.25) is 0 Å². The molecular formula is C7H11N3O3. The lowest BCUT2D eigenvalue weighted by molar-refractivity contribution is -0.151. The topological polar surface area (TPSA) is 87.5 Å². The van der Waals surface area contributed by atoms with Crippen molar-refractivity contribution in [3.63, 3.8) is 0 Å². The van der Waals surface area contributed by atoms with Crippen LogP contribution in [0.4, 0.5) is 0 Å². The van der Waals surface area contributed by atoms with Gasteiger partial charge in [0.05, 0.1) is 18.8 Å². The van der Waals surface area contributed by atoms with Crippen molar-refractivity contribution in [3.8, 4) is 0 Å².